The second kappa shape index (κ2) is 6.39. The van der Waals surface area contributed by atoms with Gasteiger partial charge in [0, 0.05) is 13.0 Å². The van der Waals surface area contributed by atoms with Crippen molar-refractivity contribution in [3.8, 4) is 0 Å². The SMILES string of the molecule is CCC(C)(CC)C(=O)OC(OC)C1CCCC1. The number of hydrogen-bond donors (Lipinski definition) is 0. The van der Waals surface area contributed by atoms with Crippen LogP contribution in [0.25, 0.3) is 0 Å². The van der Waals surface area contributed by atoms with Crippen LogP contribution in [-0.2, 0) is 14.3 Å². The minimum Gasteiger partial charge on any atom is -0.435 e. The molecule has 0 heterocycles. The number of methoxy groups -OCH3 is 1. The van der Waals surface area contributed by atoms with Crippen molar-refractivity contribution in [3.63, 3.8) is 0 Å². The first-order chi connectivity index (χ1) is 8.07. The first-order valence-electron chi connectivity index (χ1n) is 6.81. The van der Waals surface area contributed by atoms with Crippen LogP contribution >= 0.6 is 0 Å². The highest BCUT2D eigenvalue weighted by molar-refractivity contribution is 5.76. The van der Waals surface area contributed by atoms with E-state index in [0.29, 0.717) is 5.92 Å². The van der Waals surface area contributed by atoms with Crippen LogP contribution < -0.4 is 0 Å². The van der Waals surface area contributed by atoms with Crippen molar-refractivity contribution in [1.29, 1.82) is 0 Å². The van der Waals surface area contributed by atoms with Gasteiger partial charge in [0.1, 0.15) is 0 Å². The maximum Gasteiger partial charge on any atom is 0.314 e. The first kappa shape index (κ1) is 14.5. The van der Waals surface area contributed by atoms with Crippen molar-refractivity contribution in [2.75, 3.05) is 7.11 Å². The van der Waals surface area contributed by atoms with Gasteiger partial charge in [-0.1, -0.05) is 26.7 Å². The van der Waals surface area contributed by atoms with Gasteiger partial charge in [-0.15, -0.1) is 0 Å². The van der Waals surface area contributed by atoms with E-state index >= 15 is 0 Å². The number of ether oxygens (including phenoxy) is 2. The van der Waals surface area contributed by atoms with Crippen molar-refractivity contribution < 1.29 is 14.3 Å². The quantitative estimate of drug-likeness (QED) is 0.528. The molecule has 3 nitrogen and oxygen atoms in total. The zero-order valence-electron chi connectivity index (χ0n) is 11.6. The van der Waals surface area contributed by atoms with E-state index in [-0.39, 0.29) is 17.7 Å². The van der Waals surface area contributed by atoms with Gasteiger partial charge in [0.2, 0.25) is 6.29 Å². The van der Waals surface area contributed by atoms with Gasteiger partial charge in [-0.25, -0.2) is 0 Å². The number of carbonyl (C=O) groups excluding carboxylic acids is 1. The Bertz CT molecular complexity index is 240. The van der Waals surface area contributed by atoms with Gasteiger partial charge in [-0.05, 0) is 32.6 Å². The maximum absolute atomic E-state index is 12.2. The minimum absolute atomic E-state index is 0.110. The molecule has 1 aliphatic carbocycles. The van der Waals surface area contributed by atoms with Crippen molar-refractivity contribution in [2.24, 2.45) is 11.3 Å². The number of rotatable bonds is 6. The molecule has 0 saturated heterocycles. The lowest BCUT2D eigenvalue weighted by atomic mass is 9.85. The molecule has 1 atom stereocenters. The van der Waals surface area contributed by atoms with Crippen LogP contribution in [0.5, 0.6) is 0 Å². The molecule has 1 rings (SSSR count). The monoisotopic (exact) mass is 242 g/mol. The lowest BCUT2D eigenvalue weighted by Crippen LogP contribution is -2.35. The fourth-order valence-electron chi connectivity index (χ4n) is 2.35. The minimum atomic E-state index is -0.366. The molecular weight excluding hydrogens is 216 g/mol. The molecular formula is C14H26O3. The molecule has 0 amide bonds. The summed E-state index contributed by atoms with van der Waals surface area (Å²) in [6, 6.07) is 0. The Hall–Kier alpha value is -0.570. The largest absolute Gasteiger partial charge is 0.435 e. The van der Waals surface area contributed by atoms with E-state index in [4.69, 9.17) is 9.47 Å². The summed E-state index contributed by atoms with van der Waals surface area (Å²) >= 11 is 0. The van der Waals surface area contributed by atoms with Crippen molar-refractivity contribution in [3.05, 3.63) is 0 Å². The molecule has 17 heavy (non-hydrogen) atoms. The second-order valence-electron chi connectivity index (χ2n) is 5.32. The molecule has 1 fully saturated rings. The third-order valence-electron chi connectivity index (χ3n) is 4.29. The lowest BCUT2D eigenvalue weighted by Gasteiger charge is -2.29. The van der Waals surface area contributed by atoms with Crippen molar-refractivity contribution >= 4 is 5.97 Å². The molecule has 0 radical (unpaired) electrons. The van der Waals surface area contributed by atoms with Gasteiger partial charge >= 0.3 is 5.97 Å². The highest BCUT2D eigenvalue weighted by Gasteiger charge is 2.35. The van der Waals surface area contributed by atoms with E-state index in [9.17, 15) is 4.79 Å². The van der Waals surface area contributed by atoms with Crippen LogP contribution in [0.15, 0.2) is 0 Å². The molecule has 3 heteroatoms. The van der Waals surface area contributed by atoms with Gasteiger partial charge in [0.05, 0.1) is 5.41 Å². The Kier molecular flexibility index (Phi) is 5.44. The van der Waals surface area contributed by atoms with E-state index in [0.717, 1.165) is 25.7 Å². The summed E-state index contributed by atoms with van der Waals surface area (Å²) in [5.41, 5.74) is -0.366. The van der Waals surface area contributed by atoms with Crippen molar-refractivity contribution in [2.45, 2.75) is 65.6 Å². The average Bonchev–Trinajstić information content (AvgIpc) is 2.88. The standard InChI is InChI=1S/C14H26O3/c1-5-14(3,6-2)13(15)17-12(16-4)11-9-7-8-10-11/h11-12H,5-10H2,1-4H3. The molecule has 100 valence electrons. The Morgan fingerprint density at radius 2 is 1.82 bits per heavy atom. The molecule has 1 unspecified atom stereocenters. The van der Waals surface area contributed by atoms with Gasteiger partial charge in [0.15, 0.2) is 0 Å². The van der Waals surface area contributed by atoms with Crippen molar-refractivity contribution in [1.82, 2.24) is 0 Å². The molecule has 0 spiro atoms. The third kappa shape index (κ3) is 3.44. The fourth-order valence-corrected chi connectivity index (χ4v) is 2.35. The predicted molar refractivity (Wildman–Crippen MR) is 67.5 cm³/mol. The Morgan fingerprint density at radius 3 is 2.24 bits per heavy atom. The van der Waals surface area contributed by atoms with E-state index in [2.05, 4.69) is 0 Å². The molecule has 1 saturated carbocycles. The van der Waals surface area contributed by atoms with Gasteiger partial charge in [0.25, 0.3) is 0 Å². The average molecular weight is 242 g/mol. The normalized spacial score (nSPS) is 19.3. The van der Waals surface area contributed by atoms with Gasteiger partial charge in [-0.2, -0.15) is 0 Å². The predicted octanol–water partition coefficient (Wildman–Crippen LogP) is 3.52. The van der Waals surface area contributed by atoms with E-state index in [1.54, 1.807) is 7.11 Å². The number of carbonyl (C=O) groups is 1. The molecule has 0 aromatic rings. The second-order valence-corrected chi connectivity index (χ2v) is 5.32. The highest BCUT2D eigenvalue weighted by atomic mass is 16.7. The summed E-state index contributed by atoms with van der Waals surface area (Å²) in [4.78, 5) is 12.2. The Labute approximate surface area is 105 Å². The summed E-state index contributed by atoms with van der Waals surface area (Å²) in [5, 5.41) is 0. The van der Waals surface area contributed by atoms with E-state index in [1.807, 2.05) is 20.8 Å². The summed E-state index contributed by atoms with van der Waals surface area (Å²) in [5.74, 6) is 0.281. The maximum atomic E-state index is 12.2. The smallest absolute Gasteiger partial charge is 0.314 e. The molecule has 1 aliphatic rings. The van der Waals surface area contributed by atoms with Gasteiger partial charge < -0.3 is 9.47 Å². The van der Waals surface area contributed by atoms with Crippen LogP contribution in [0.1, 0.15) is 59.3 Å². The van der Waals surface area contributed by atoms with Crippen LogP contribution in [0, 0.1) is 11.3 Å². The third-order valence-corrected chi connectivity index (χ3v) is 4.29. The number of hydrogen-bond acceptors (Lipinski definition) is 3. The summed E-state index contributed by atoms with van der Waals surface area (Å²) in [6.07, 6.45) is 5.94. The van der Waals surface area contributed by atoms with Crippen LogP contribution in [0.2, 0.25) is 0 Å². The lowest BCUT2D eigenvalue weighted by molar-refractivity contribution is -0.195. The van der Waals surface area contributed by atoms with E-state index < -0.39 is 0 Å². The van der Waals surface area contributed by atoms with Crippen LogP contribution in [-0.4, -0.2) is 19.4 Å². The molecule has 0 aliphatic heterocycles. The molecule has 0 N–H and O–H groups in total. The molecule has 0 aromatic heterocycles. The Morgan fingerprint density at radius 1 is 1.29 bits per heavy atom. The highest BCUT2D eigenvalue weighted by Crippen LogP contribution is 2.33. The first-order valence-corrected chi connectivity index (χ1v) is 6.81. The molecule has 0 bridgehead atoms. The zero-order valence-corrected chi connectivity index (χ0v) is 11.6. The van der Waals surface area contributed by atoms with Gasteiger partial charge in [-0.3, -0.25) is 4.79 Å². The topological polar surface area (TPSA) is 35.5 Å². The Balaban J connectivity index is 2.58. The fraction of sp³-hybridized carbons (Fsp3) is 0.929. The zero-order chi connectivity index (χ0) is 12.9. The summed E-state index contributed by atoms with van der Waals surface area (Å²) in [6.45, 7) is 6.03. The summed E-state index contributed by atoms with van der Waals surface area (Å²) in [7, 11) is 1.63. The van der Waals surface area contributed by atoms with Crippen LogP contribution in [0.4, 0.5) is 0 Å². The van der Waals surface area contributed by atoms with E-state index in [1.165, 1.54) is 12.8 Å². The number of esters is 1. The molecule has 0 aromatic carbocycles. The van der Waals surface area contributed by atoms with Crippen LogP contribution in [0.3, 0.4) is 0 Å². The summed E-state index contributed by atoms with van der Waals surface area (Å²) < 4.78 is 10.9.